The van der Waals surface area contributed by atoms with E-state index in [9.17, 15) is 9.18 Å². The number of hydrogen-bond acceptors (Lipinski definition) is 4. The number of nitrogens with zero attached hydrogens (tertiary/aromatic N) is 2. The number of anilines is 1. The van der Waals surface area contributed by atoms with Crippen LogP contribution in [0.1, 0.15) is 10.5 Å². The number of alkyl halides is 1. The molecule has 1 amide bonds. The van der Waals surface area contributed by atoms with E-state index in [-0.39, 0.29) is 18.0 Å². The van der Waals surface area contributed by atoms with Crippen molar-refractivity contribution < 1.29 is 18.0 Å². The molecule has 0 bridgehead atoms. The highest BCUT2D eigenvalue weighted by atomic mass is 19.1. The highest BCUT2D eigenvalue weighted by Crippen LogP contribution is 2.35. The molecular weight excluding hydrogens is 311 g/mol. The number of pyridine rings is 1. The molecule has 2 N–H and O–H groups in total. The van der Waals surface area contributed by atoms with Gasteiger partial charge in [0.1, 0.15) is 23.4 Å². The fourth-order valence-electron chi connectivity index (χ4n) is 2.58. The molecule has 0 unspecified atom stereocenters. The summed E-state index contributed by atoms with van der Waals surface area (Å²) < 4.78 is 40.0. The smallest absolute Gasteiger partial charge is 0.231 e. The van der Waals surface area contributed by atoms with E-state index >= 15 is 0 Å². The number of benzene rings is 1. The van der Waals surface area contributed by atoms with Crippen LogP contribution < -0.4 is 10.1 Å². The van der Waals surface area contributed by atoms with Gasteiger partial charge in [0.25, 0.3) is 0 Å². The summed E-state index contributed by atoms with van der Waals surface area (Å²) >= 11 is 0. The largest absolute Gasteiger partial charge is 0.496 e. The fourth-order valence-corrected chi connectivity index (χ4v) is 2.58. The summed E-state index contributed by atoms with van der Waals surface area (Å²) in [5.41, 5.74) is 1.37. The second kappa shape index (κ2) is 5.59. The quantitative estimate of drug-likeness (QED) is 0.771. The van der Waals surface area contributed by atoms with Crippen molar-refractivity contribution in [3.8, 4) is 17.0 Å². The summed E-state index contributed by atoms with van der Waals surface area (Å²) in [4.78, 5) is 16.1. The van der Waals surface area contributed by atoms with Gasteiger partial charge in [0.05, 0.1) is 17.1 Å². The van der Waals surface area contributed by atoms with Crippen LogP contribution in [0, 0.1) is 5.92 Å². The lowest BCUT2D eigenvalue weighted by atomic mass is 10.1. The minimum absolute atomic E-state index is 0.172. The summed E-state index contributed by atoms with van der Waals surface area (Å²) in [7, 11) is -2.59. The van der Waals surface area contributed by atoms with Crippen molar-refractivity contribution in [2.45, 2.75) is 12.6 Å². The zero-order valence-corrected chi connectivity index (χ0v) is 12.4. The molecule has 0 radical (unpaired) electrons. The number of amides is 1. The Labute approximate surface area is 141 Å². The van der Waals surface area contributed by atoms with Crippen LogP contribution in [0.25, 0.3) is 22.3 Å². The Morgan fingerprint density at radius 1 is 1.42 bits per heavy atom. The average molecular weight is 329 g/mol. The van der Waals surface area contributed by atoms with Crippen molar-refractivity contribution in [1.82, 2.24) is 15.2 Å². The van der Waals surface area contributed by atoms with Gasteiger partial charge in [-0.2, -0.15) is 5.10 Å². The standard InChI is InChI=1S/C17H15FN4O2/c1-24-13-5-3-2-4-9(13)15-10-6-7-14(19-16(10)22-21-15)20-17(23)11-8-12(11)18/h2-7,11-12H,8H2,1H3,(H2,19,20,21,22,23)/t11-,12+/m1/s1/i1D3. The molecule has 122 valence electrons. The predicted octanol–water partition coefficient (Wildman–Crippen LogP) is 2.93. The van der Waals surface area contributed by atoms with Crippen molar-refractivity contribution in [2.24, 2.45) is 5.92 Å². The van der Waals surface area contributed by atoms with Crippen LogP contribution in [0.4, 0.5) is 10.2 Å². The first-order valence-corrected chi connectivity index (χ1v) is 7.40. The topological polar surface area (TPSA) is 79.9 Å². The summed E-state index contributed by atoms with van der Waals surface area (Å²) in [5, 5.41) is 10.2. The molecule has 1 aliphatic carbocycles. The number of ether oxygens (including phenoxy) is 1. The Hall–Kier alpha value is -2.96. The zero-order chi connectivity index (χ0) is 19.2. The molecule has 0 saturated heterocycles. The van der Waals surface area contributed by atoms with Crippen molar-refractivity contribution in [1.29, 1.82) is 0 Å². The number of carbonyl (C=O) groups is 1. The molecule has 1 aliphatic rings. The van der Waals surface area contributed by atoms with E-state index in [0.29, 0.717) is 22.3 Å². The zero-order valence-electron chi connectivity index (χ0n) is 15.4. The van der Waals surface area contributed by atoms with Crippen LogP contribution in [0.5, 0.6) is 5.75 Å². The fraction of sp³-hybridized carbons (Fsp3) is 0.235. The number of rotatable bonds is 4. The SMILES string of the molecule is [2H]C([2H])([2H])Oc1ccccc1-c1n[nH]c2nc(NC(=O)[C@@H]3C[C@@H]3F)ccc12. The number of aromatic amines is 1. The Balaban J connectivity index is 1.65. The van der Waals surface area contributed by atoms with Crippen molar-refractivity contribution in [3.05, 3.63) is 36.4 Å². The van der Waals surface area contributed by atoms with Gasteiger partial charge in [-0.1, -0.05) is 12.1 Å². The Bertz CT molecular complexity index is 1020. The molecule has 1 aromatic carbocycles. The molecule has 1 saturated carbocycles. The third kappa shape index (κ3) is 2.47. The number of methoxy groups -OCH3 is 1. The molecule has 24 heavy (non-hydrogen) atoms. The summed E-state index contributed by atoms with van der Waals surface area (Å²) in [6.45, 7) is 0. The van der Waals surface area contributed by atoms with Crippen LogP contribution in [-0.2, 0) is 4.79 Å². The van der Waals surface area contributed by atoms with Crippen LogP contribution in [0.2, 0.25) is 0 Å². The Morgan fingerprint density at radius 2 is 2.25 bits per heavy atom. The maximum Gasteiger partial charge on any atom is 0.231 e. The molecule has 6 nitrogen and oxygen atoms in total. The predicted molar refractivity (Wildman–Crippen MR) is 87.5 cm³/mol. The molecule has 0 aliphatic heterocycles. The molecule has 2 atom stereocenters. The number of H-pyrrole nitrogens is 1. The molecule has 3 aromatic rings. The highest BCUT2D eigenvalue weighted by Gasteiger charge is 2.43. The van der Waals surface area contributed by atoms with Crippen LogP contribution >= 0.6 is 0 Å². The van der Waals surface area contributed by atoms with Crippen molar-refractivity contribution in [3.63, 3.8) is 0 Å². The minimum Gasteiger partial charge on any atom is -0.496 e. The van der Waals surface area contributed by atoms with E-state index in [4.69, 9.17) is 8.85 Å². The number of aromatic nitrogens is 3. The van der Waals surface area contributed by atoms with Gasteiger partial charge in [0, 0.05) is 10.9 Å². The molecule has 2 heterocycles. The molecular formula is C17H15FN4O2. The van der Waals surface area contributed by atoms with E-state index in [1.165, 1.54) is 0 Å². The number of fused-ring (bicyclic) bond motifs is 1. The summed E-state index contributed by atoms with van der Waals surface area (Å²) in [5.74, 6) is -0.547. The monoisotopic (exact) mass is 329 g/mol. The minimum atomic E-state index is -2.59. The van der Waals surface area contributed by atoms with Gasteiger partial charge in [-0.05, 0) is 30.7 Å². The lowest BCUT2D eigenvalue weighted by molar-refractivity contribution is -0.117. The maximum atomic E-state index is 13.0. The first-order chi connectivity index (χ1) is 12.8. The second-order valence-electron chi connectivity index (χ2n) is 5.61. The normalized spacial score (nSPS) is 21.6. The summed E-state index contributed by atoms with van der Waals surface area (Å²) in [6.07, 6.45) is -0.843. The molecule has 4 rings (SSSR count). The third-order valence-electron chi connectivity index (χ3n) is 3.98. The van der Waals surface area contributed by atoms with E-state index in [0.717, 1.165) is 0 Å². The van der Waals surface area contributed by atoms with Crippen LogP contribution in [0.3, 0.4) is 0 Å². The Morgan fingerprint density at radius 3 is 3.04 bits per heavy atom. The maximum absolute atomic E-state index is 13.0. The van der Waals surface area contributed by atoms with E-state index in [1.54, 1.807) is 36.4 Å². The van der Waals surface area contributed by atoms with Gasteiger partial charge < -0.3 is 10.1 Å². The van der Waals surface area contributed by atoms with Gasteiger partial charge in [0.15, 0.2) is 5.65 Å². The number of carbonyl (C=O) groups excluding carboxylic acids is 1. The second-order valence-corrected chi connectivity index (χ2v) is 5.61. The number of hydrogen-bond donors (Lipinski definition) is 2. The van der Waals surface area contributed by atoms with E-state index < -0.39 is 25.0 Å². The molecule has 7 heteroatoms. The van der Waals surface area contributed by atoms with Gasteiger partial charge >= 0.3 is 0 Å². The van der Waals surface area contributed by atoms with Crippen molar-refractivity contribution in [2.75, 3.05) is 12.4 Å². The van der Waals surface area contributed by atoms with Crippen LogP contribution in [0.15, 0.2) is 36.4 Å². The molecule has 0 spiro atoms. The van der Waals surface area contributed by atoms with Gasteiger partial charge in [-0.15, -0.1) is 0 Å². The lowest BCUT2D eigenvalue weighted by Crippen LogP contribution is -2.15. The van der Waals surface area contributed by atoms with Gasteiger partial charge in [-0.3, -0.25) is 9.89 Å². The third-order valence-corrected chi connectivity index (χ3v) is 3.98. The number of halogens is 1. The number of para-hydroxylation sites is 1. The van der Waals surface area contributed by atoms with E-state index in [1.807, 2.05) is 0 Å². The lowest BCUT2D eigenvalue weighted by Gasteiger charge is -2.06. The summed E-state index contributed by atoms with van der Waals surface area (Å²) in [6, 6.07) is 9.94. The molecule has 1 fully saturated rings. The van der Waals surface area contributed by atoms with Crippen LogP contribution in [-0.4, -0.2) is 34.3 Å². The Kier molecular flexibility index (Phi) is 2.69. The molecule has 2 aromatic heterocycles. The average Bonchev–Trinajstić information content (AvgIpc) is 3.19. The van der Waals surface area contributed by atoms with Gasteiger partial charge in [0.2, 0.25) is 5.91 Å². The first kappa shape index (κ1) is 11.6. The van der Waals surface area contributed by atoms with Crippen molar-refractivity contribution >= 4 is 22.8 Å². The highest BCUT2D eigenvalue weighted by molar-refractivity contribution is 5.97. The first-order valence-electron chi connectivity index (χ1n) is 8.90. The van der Waals surface area contributed by atoms with Gasteiger partial charge in [-0.25, -0.2) is 9.37 Å². The van der Waals surface area contributed by atoms with E-state index in [2.05, 4.69) is 20.5 Å². The number of nitrogens with one attached hydrogen (secondary N) is 2.